The molecule has 0 saturated heterocycles. The van der Waals surface area contributed by atoms with E-state index < -0.39 is 5.97 Å². The Hall–Kier alpha value is 0.0801. The van der Waals surface area contributed by atoms with Gasteiger partial charge in [-0.1, -0.05) is 78.2 Å². The average Bonchev–Trinajstić information content (AvgIpc) is 2.37. The van der Waals surface area contributed by atoms with Crippen molar-refractivity contribution in [2.45, 2.75) is 92.4 Å². The average molecular weight is 489 g/mol. The van der Waals surface area contributed by atoms with E-state index >= 15 is 0 Å². The van der Waals surface area contributed by atoms with Gasteiger partial charge in [-0.25, -0.2) is 4.79 Å². The number of aliphatic carboxylic acids is 1. The van der Waals surface area contributed by atoms with Crippen LogP contribution in [-0.2, 0) is 30.6 Å². The molecular formula is C20H38HfO2. The van der Waals surface area contributed by atoms with Crippen LogP contribution < -0.4 is 0 Å². The third-order valence-corrected chi connectivity index (χ3v) is 4.51. The van der Waals surface area contributed by atoms with Gasteiger partial charge in [0.25, 0.3) is 0 Å². The molecule has 0 fully saturated rings. The Kier molecular flexibility index (Phi) is 17.2. The van der Waals surface area contributed by atoms with Crippen LogP contribution in [0.15, 0.2) is 11.6 Å². The molecule has 0 aliphatic heterocycles. The van der Waals surface area contributed by atoms with Crippen molar-refractivity contribution in [3.8, 4) is 0 Å². The first-order valence-electron chi connectivity index (χ1n) is 9.21. The first kappa shape index (κ1) is 25.3. The van der Waals surface area contributed by atoms with Gasteiger partial charge < -0.3 is 5.11 Å². The fourth-order valence-electron chi connectivity index (χ4n) is 2.99. The van der Waals surface area contributed by atoms with Crippen molar-refractivity contribution in [3.05, 3.63) is 11.6 Å². The van der Waals surface area contributed by atoms with Crippen LogP contribution in [0, 0.1) is 17.8 Å². The molecule has 0 aromatic carbocycles. The zero-order valence-corrected chi connectivity index (χ0v) is 19.6. The van der Waals surface area contributed by atoms with E-state index in [2.05, 4.69) is 27.7 Å². The Bertz CT molecular complexity index is 324. The Morgan fingerprint density at radius 3 is 1.74 bits per heavy atom. The maximum absolute atomic E-state index is 10.5. The molecule has 0 saturated carbocycles. The SMILES string of the molecule is C/C(=C\C(=O)O)CCC[C@H](C)CCC[C@H](C)CCCC(C)C.[Hf]. The van der Waals surface area contributed by atoms with Crippen molar-refractivity contribution in [2.75, 3.05) is 0 Å². The topological polar surface area (TPSA) is 37.3 Å². The third-order valence-electron chi connectivity index (χ3n) is 4.51. The summed E-state index contributed by atoms with van der Waals surface area (Å²) in [5.74, 6) is 1.65. The molecule has 0 aliphatic carbocycles. The maximum Gasteiger partial charge on any atom is 0.328 e. The molecule has 0 bridgehead atoms. The number of carbonyl (C=O) groups is 1. The van der Waals surface area contributed by atoms with Gasteiger partial charge in [-0.15, -0.1) is 0 Å². The smallest absolute Gasteiger partial charge is 0.328 e. The van der Waals surface area contributed by atoms with Gasteiger partial charge in [-0.05, 0) is 37.5 Å². The van der Waals surface area contributed by atoms with Crippen molar-refractivity contribution in [3.63, 3.8) is 0 Å². The van der Waals surface area contributed by atoms with Crippen LogP contribution in [0.3, 0.4) is 0 Å². The second-order valence-electron chi connectivity index (χ2n) is 7.69. The van der Waals surface area contributed by atoms with Crippen LogP contribution >= 0.6 is 0 Å². The molecule has 0 aliphatic rings. The zero-order chi connectivity index (χ0) is 17.0. The Labute approximate surface area is 163 Å². The van der Waals surface area contributed by atoms with E-state index in [1.807, 2.05) is 6.92 Å². The van der Waals surface area contributed by atoms with Gasteiger partial charge in [0, 0.05) is 31.9 Å². The molecule has 3 heteroatoms. The number of carboxylic acids is 1. The molecule has 2 nitrogen and oxygen atoms in total. The number of rotatable bonds is 13. The molecule has 0 aromatic rings. The van der Waals surface area contributed by atoms with Crippen molar-refractivity contribution >= 4 is 5.97 Å². The first-order chi connectivity index (χ1) is 10.3. The molecule has 2 atom stereocenters. The van der Waals surface area contributed by atoms with Crippen molar-refractivity contribution in [1.82, 2.24) is 0 Å². The summed E-state index contributed by atoms with van der Waals surface area (Å²) in [6, 6.07) is 0. The molecule has 0 heterocycles. The molecule has 0 amide bonds. The van der Waals surface area contributed by atoms with Crippen LogP contribution in [0.1, 0.15) is 92.4 Å². The molecular weight excluding hydrogens is 451 g/mol. The number of allylic oxidation sites excluding steroid dienone is 1. The maximum atomic E-state index is 10.5. The minimum atomic E-state index is -0.822. The molecule has 0 rings (SSSR count). The summed E-state index contributed by atoms with van der Waals surface area (Å²) in [6.45, 7) is 11.3. The van der Waals surface area contributed by atoms with Gasteiger partial charge in [-0.2, -0.15) is 0 Å². The summed E-state index contributed by atoms with van der Waals surface area (Å²) in [4.78, 5) is 10.5. The fourth-order valence-corrected chi connectivity index (χ4v) is 2.99. The van der Waals surface area contributed by atoms with E-state index in [4.69, 9.17) is 5.11 Å². The van der Waals surface area contributed by atoms with Crippen LogP contribution in [0.2, 0.25) is 0 Å². The molecule has 134 valence electrons. The monoisotopic (exact) mass is 490 g/mol. The van der Waals surface area contributed by atoms with E-state index in [1.165, 1.54) is 51.0 Å². The van der Waals surface area contributed by atoms with Crippen molar-refractivity contribution in [1.29, 1.82) is 0 Å². The number of carboxylic acid groups (broad SMARTS) is 1. The predicted octanol–water partition coefficient (Wildman–Crippen LogP) is 6.45. The van der Waals surface area contributed by atoms with Gasteiger partial charge in [-0.3, -0.25) is 0 Å². The summed E-state index contributed by atoms with van der Waals surface area (Å²) in [7, 11) is 0. The Morgan fingerprint density at radius 2 is 1.30 bits per heavy atom. The minimum Gasteiger partial charge on any atom is -0.478 e. The number of hydrogen-bond acceptors (Lipinski definition) is 1. The standard InChI is InChI=1S/C20H38O2.Hf/c1-16(2)9-6-10-17(3)11-7-12-18(4)13-8-14-19(5)15-20(21)22;/h15-18H,6-14H2,1-5H3,(H,21,22);/b19-15+;/t17-,18-;/m1./s1. The summed E-state index contributed by atoms with van der Waals surface area (Å²) in [6.07, 6.45) is 12.7. The van der Waals surface area contributed by atoms with Crippen molar-refractivity contribution < 1.29 is 35.7 Å². The van der Waals surface area contributed by atoms with Gasteiger partial charge in [0.2, 0.25) is 0 Å². The summed E-state index contributed by atoms with van der Waals surface area (Å²) < 4.78 is 0. The summed E-state index contributed by atoms with van der Waals surface area (Å²) in [5, 5.41) is 8.68. The van der Waals surface area contributed by atoms with E-state index in [1.54, 1.807) is 0 Å². The van der Waals surface area contributed by atoms with E-state index in [-0.39, 0.29) is 25.8 Å². The van der Waals surface area contributed by atoms with Crippen LogP contribution in [-0.4, -0.2) is 11.1 Å². The van der Waals surface area contributed by atoms with Crippen LogP contribution in [0.25, 0.3) is 0 Å². The molecule has 0 radical (unpaired) electrons. The van der Waals surface area contributed by atoms with Gasteiger partial charge >= 0.3 is 5.97 Å². The van der Waals surface area contributed by atoms with Gasteiger partial charge in [0.05, 0.1) is 0 Å². The van der Waals surface area contributed by atoms with Crippen molar-refractivity contribution in [2.24, 2.45) is 17.8 Å². The fraction of sp³-hybridized carbons (Fsp3) is 0.850. The zero-order valence-electron chi connectivity index (χ0n) is 16.0. The third kappa shape index (κ3) is 18.3. The van der Waals surface area contributed by atoms with Gasteiger partial charge in [0.15, 0.2) is 0 Å². The summed E-state index contributed by atoms with van der Waals surface area (Å²) >= 11 is 0. The first-order valence-corrected chi connectivity index (χ1v) is 9.21. The summed E-state index contributed by atoms with van der Waals surface area (Å²) in [5.41, 5.74) is 0.985. The largest absolute Gasteiger partial charge is 0.478 e. The second kappa shape index (κ2) is 15.6. The molecule has 0 aromatic heterocycles. The minimum absolute atomic E-state index is 0. The molecule has 0 unspecified atom stereocenters. The predicted molar refractivity (Wildman–Crippen MR) is 96.1 cm³/mol. The van der Waals surface area contributed by atoms with Gasteiger partial charge in [0.1, 0.15) is 0 Å². The number of hydrogen-bond donors (Lipinski definition) is 1. The molecule has 23 heavy (non-hydrogen) atoms. The van der Waals surface area contributed by atoms with E-state index in [9.17, 15) is 4.79 Å². The normalized spacial score (nSPS) is 14.4. The second-order valence-corrected chi connectivity index (χ2v) is 7.69. The van der Waals surface area contributed by atoms with E-state index in [0.717, 1.165) is 36.2 Å². The van der Waals surface area contributed by atoms with Crippen LogP contribution in [0.5, 0.6) is 0 Å². The quantitative estimate of drug-likeness (QED) is 0.239. The Morgan fingerprint density at radius 1 is 0.870 bits per heavy atom. The van der Waals surface area contributed by atoms with Crippen LogP contribution in [0.4, 0.5) is 0 Å². The Balaban J connectivity index is 0. The van der Waals surface area contributed by atoms with E-state index in [0.29, 0.717) is 0 Å². The molecule has 1 N–H and O–H groups in total. The molecule has 0 spiro atoms.